The quantitative estimate of drug-likeness (QED) is 0.482. The summed E-state index contributed by atoms with van der Waals surface area (Å²) < 4.78 is 10.5. The number of carbonyl (C=O) groups excluding carboxylic acids is 3. The van der Waals surface area contributed by atoms with E-state index in [0.29, 0.717) is 0 Å². The van der Waals surface area contributed by atoms with Crippen LogP contribution in [0.25, 0.3) is 0 Å². The number of Topliss-reactive ketones (excluding diaryl/α,β-unsaturated/α-hetero) is 3. The normalized spacial score (nSPS) is 12.6. The van der Waals surface area contributed by atoms with Crippen LogP contribution in [-0.4, -0.2) is 29.6 Å². The first-order chi connectivity index (χ1) is 8.65. The van der Waals surface area contributed by atoms with E-state index in [-0.39, 0.29) is 36.0 Å². The van der Waals surface area contributed by atoms with Gasteiger partial charge in [0.25, 0.3) is 0 Å². The molecule has 0 spiro atoms. The van der Waals surface area contributed by atoms with Crippen LogP contribution in [0.4, 0.5) is 0 Å². The predicted molar refractivity (Wildman–Crippen MR) is 67.2 cm³/mol. The molecule has 0 amide bonds. The van der Waals surface area contributed by atoms with Gasteiger partial charge in [-0.25, -0.2) is 0 Å². The molecule has 0 radical (unpaired) electrons. The Morgan fingerprint density at radius 1 is 0.947 bits per heavy atom. The predicted octanol–water partition coefficient (Wildman–Crippen LogP) is 2.21. The van der Waals surface area contributed by atoms with E-state index in [2.05, 4.69) is 0 Å². The van der Waals surface area contributed by atoms with Gasteiger partial charge in [-0.15, -0.1) is 0 Å². The number of carbonyl (C=O) groups is 3. The molecule has 0 aromatic carbocycles. The van der Waals surface area contributed by atoms with Crippen LogP contribution in [0, 0.1) is 0 Å². The van der Waals surface area contributed by atoms with Crippen molar-refractivity contribution in [2.75, 3.05) is 0 Å². The van der Waals surface area contributed by atoms with Crippen molar-refractivity contribution in [1.82, 2.24) is 0 Å². The molecule has 19 heavy (non-hydrogen) atoms. The van der Waals surface area contributed by atoms with Gasteiger partial charge in [0.2, 0.25) is 0 Å². The van der Waals surface area contributed by atoms with E-state index in [9.17, 15) is 14.4 Å². The molecule has 0 saturated carbocycles. The van der Waals surface area contributed by atoms with Crippen molar-refractivity contribution >= 4 is 17.3 Å². The third-order valence-electron chi connectivity index (χ3n) is 2.09. The summed E-state index contributed by atoms with van der Waals surface area (Å²) in [5.41, 5.74) is 0. The third-order valence-corrected chi connectivity index (χ3v) is 6.16. The van der Waals surface area contributed by atoms with Crippen LogP contribution in [0.15, 0.2) is 0 Å². The molecule has 109 valence electrons. The van der Waals surface area contributed by atoms with Crippen LogP contribution in [0.3, 0.4) is 0 Å². The molecule has 0 aromatic heterocycles. The van der Waals surface area contributed by atoms with Gasteiger partial charge in [-0.1, -0.05) is 0 Å². The van der Waals surface area contributed by atoms with Gasteiger partial charge in [0.1, 0.15) is 0 Å². The van der Waals surface area contributed by atoms with Crippen molar-refractivity contribution < 1.29 is 39.7 Å². The van der Waals surface area contributed by atoms with E-state index in [1.165, 1.54) is 13.8 Å². The van der Waals surface area contributed by atoms with Crippen molar-refractivity contribution in [3.05, 3.63) is 0 Å². The van der Waals surface area contributed by atoms with Gasteiger partial charge in [-0.05, 0) is 0 Å². The zero-order chi connectivity index (χ0) is 15.2. The fraction of sp³-hybridized carbons (Fsp3) is 0.769. The molecule has 1 atom stereocenters. The number of rotatable bonds is 9. The average molecular weight is 307 g/mol. The van der Waals surface area contributed by atoms with Crippen LogP contribution in [-0.2, 0) is 39.7 Å². The third kappa shape index (κ3) is 7.72. The van der Waals surface area contributed by atoms with E-state index < -0.39 is 22.9 Å². The molecule has 6 heteroatoms. The molecule has 0 aliphatic heterocycles. The molecule has 0 heterocycles. The molecule has 0 fully saturated rings. The molecule has 0 aliphatic carbocycles. The average Bonchev–Trinajstić information content (AvgIpc) is 2.12. The first-order valence-corrected chi connectivity index (χ1v) is 8.55. The van der Waals surface area contributed by atoms with Gasteiger partial charge < -0.3 is 0 Å². The molecule has 0 N–H and O–H groups in total. The summed E-state index contributed by atoms with van der Waals surface area (Å²) in [5, 5.41) is 0. The fourth-order valence-electron chi connectivity index (χ4n) is 1.50. The summed E-state index contributed by atoms with van der Waals surface area (Å²) in [5.74, 6) is -0.901. The number of hydrogen-bond acceptors (Lipinski definition) is 5. The molecule has 0 rings (SSSR count). The van der Waals surface area contributed by atoms with Gasteiger partial charge >= 0.3 is 121 Å². The van der Waals surface area contributed by atoms with Crippen molar-refractivity contribution in [2.45, 2.75) is 64.4 Å². The first kappa shape index (κ1) is 18.6. The van der Waals surface area contributed by atoms with Crippen molar-refractivity contribution in [1.29, 1.82) is 0 Å². The summed E-state index contributed by atoms with van der Waals surface area (Å²) in [4.78, 5) is 34.8. The van der Waals surface area contributed by atoms with Crippen molar-refractivity contribution in [3.8, 4) is 0 Å². The van der Waals surface area contributed by atoms with Gasteiger partial charge in [0, 0.05) is 0 Å². The summed E-state index contributed by atoms with van der Waals surface area (Å²) in [6.07, 6.45) is -0.453. The van der Waals surface area contributed by atoms with Crippen LogP contribution in [0.1, 0.15) is 48.0 Å². The second-order valence-corrected chi connectivity index (χ2v) is 7.68. The van der Waals surface area contributed by atoms with Crippen LogP contribution >= 0.6 is 0 Å². The topological polar surface area (TPSA) is 69.7 Å². The van der Waals surface area contributed by atoms with E-state index in [0.717, 1.165) is 0 Å². The van der Waals surface area contributed by atoms with Crippen molar-refractivity contribution in [2.24, 2.45) is 0 Å². The Balaban J connectivity index is 5.08. The van der Waals surface area contributed by atoms with E-state index >= 15 is 0 Å². The maximum atomic E-state index is 12.0. The Bertz CT molecular complexity index is 328. The minimum atomic E-state index is -2.80. The molecular formula is C13H23O5Ti. The van der Waals surface area contributed by atoms with Crippen molar-refractivity contribution in [3.63, 3.8) is 0 Å². The Morgan fingerprint density at radius 3 is 1.63 bits per heavy atom. The van der Waals surface area contributed by atoms with E-state index in [1.807, 2.05) is 27.7 Å². The summed E-state index contributed by atoms with van der Waals surface area (Å²) in [6.45, 7) is 10.0. The number of ketones is 3. The summed E-state index contributed by atoms with van der Waals surface area (Å²) in [6, 6.07) is 0. The molecule has 0 aromatic rings. The SMILES string of the molecule is CC(=O)CC(=O)[CH](C(C)=O)[Ti]([O]C(C)C)[O]C(C)C. The maximum absolute atomic E-state index is 12.0. The zero-order valence-corrected chi connectivity index (χ0v) is 14.0. The Labute approximate surface area is 121 Å². The van der Waals surface area contributed by atoms with E-state index in [1.54, 1.807) is 0 Å². The van der Waals surface area contributed by atoms with Gasteiger partial charge in [-0.2, -0.15) is 0 Å². The monoisotopic (exact) mass is 307 g/mol. The van der Waals surface area contributed by atoms with Gasteiger partial charge in [-0.3, -0.25) is 0 Å². The Kier molecular flexibility index (Phi) is 8.58. The first-order valence-electron chi connectivity index (χ1n) is 6.37. The second-order valence-electron chi connectivity index (χ2n) is 5.04. The van der Waals surface area contributed by atoms with Crippen LogP contribution < -0.4 is 0 Å². The molecular weight excluding hydrogens is 284 g/mol. The molecule has 0 bridgehead atoms. The van der Waals surface area contributed by atoms with Crippen LogP contribution in [0.2, 0.25) is 4.22 Å². The molecule has 0 aliphatic rings. The number of hydrogen-bond donors (Lipinski definition) is 0. The minimum absolute atomic E-state index is 0.110. The molecule has 5 nitrogen and oxygen atoms in total. The zero-order valence-electron chi connectivity index (χ0n) is 12.5. The Hall–Kier alpha value is -0.356. The molecule has 0 saturated heterocycles. The van der Waals surface area contributed by atoms with E-state index in [4.69, 9.17) is 6.64 Å². The van der Waals surface area contributed by atoms with Crippen LogP contribution in [0.5, 0.6) is 0 Å². The Morgan fingerprint density at radius 2 is 1.37 bits per heavy atom. The van der Waals surface area contributed by atoms with Gasteiger partial charge in [0.05, 0.1) is 0 Å². The fourth-order valence-corrected chi connectivity index (χ4v) is 4.55. The van der Waals surface area contributed by atoms with Gasteiger partial charge in [0.15, 0.2) is 0 Å². The summed E-state index contributed by atoms with van der Waals surface area (Å²) in [7, 11) is 0. The summed E-state index contributed by atoms with van der Waals surface area (Å²) >= 11 is -2.80. The molecule has 1 unspecified atom stereocenters. The second kappa shape index (κ2) is 8.74. The standard InChI is InChI=1S/C7H9O3.2C3H7O.Ti/c1-5(8)3-7(10)4-6(2)9;2*1-3(2)4;/h3H,4H2,1-2H3;2*3H,1-2H3;/q;2*-1;+2.